The quantitative estimate of drug-likeness (QED) is 0.614. The minimum Gasteiger partial charge on any atom is -0.495 e. The van der Waals surface area contributed by atoms with Gasteiger partial charge in [0.2, 0.25) is 5.88 Å². The molecule has 2 unspecified atom stereocenters. The van der Waals surface area contributed by atoms with Crippen molar-refractivity contribution in [1.29, 1.82) is 0 Å². The topological polar surface area (TPSA) is 79.1 Å². The number of ether oxygens (including phenoxy) is 2. The Labute approximate surface area is 169 Å². The predicted molar refractivity (Wildman–Crippen MR) is 109 cm³/mol. The second-order valence-corrected chi connectivity index (χ2v) is 7.21. The van der Waals surface area contributed by atoms with E-state index in [1.54, 1.807) is 36.2 Å². The van der Waals surface area contributed by atoms with Crippen molar-refractivity contribution >= 4 is 0 Å². The Kier molecular flexibility index (Phi) is 5.29. The highest BCUT2D eigenvalue weighted by Gasteiger charge is 2.40. The lowest BCUT2D eigenvalue weighted by Gasteiger charge is -2.12. The lowest BCUT2D eigenvalue weighted by molar-refractivity contribution is 0.285. The van der Waals surface area contributed by atoms with Gasteiger partial charge in [-0.05, 0) is 38.5 Å². The van der Waals surface area contributed by atoms with Crippen LogP contribution < -0.4 is 15.0 Å². The SMILES string of the molecule is CCn1cc(-c2cnc(C)nc2OCC2CC2c2ccc(OC)cn2)ccc1=O. The molecule has 3 aromatic heterocycles. The number of aromatic nitrogens is 4. The van der Waals surface area contributed by atoms with Crippen LogP contribution in [0.4, 0.5) is 0 Å². The van der Waals surface area contributed by atoms with Gasteiger partial charge in [0, 0.05) is 48.1 Å². The van der Waals surface area contributed by atoms with Crippen molar-refractivity contribution in [2.24, 2.45) is 5.92 Å². The summed E-state index contributed by atoms with van der Waals surface area (Å²) in [5, 5.41) is 0. The maximum absolute atomic E-state index is 11.9. The minimum atomic E-state index is -0.0282. The van der Waals surface area contributed by atoms with Crippen LogP contribution in [0.3, 0.4) is 0 Å². The minimum absolute atomic E-state index is 0.0282. The fraction of sp³-hybridized carbons (Fsp3) is 0.364. The predicted octanol–water partition coefficient (Wildman–Crippen LogP) is 3.22. The number of rotatable bonds is 7. The normalized spacial score (nSPS) is 17.8. The van der Waals surface area contributed by atoms with Gasteiger partial charge in [0.05, 0.1) is 25.5 Å². The Morgan fingerprint density at radius 3 is 2.76 bits per heavy atom. The van der Waals surface area contributed by atoms with Crippen LogP contribution in [0.1, 0.15) is 30.8 Å². The number of methoxy groups -OCH3 is 1. The summed E-state index contributed by atoms with van der Waals surface area (Å²) in [6.07, 6.45) is 6.37. The summed E-state index contributed by atoms with van der Waals surface area (Å²) in [5.41, 5.74) is 2.69. The molecule has 0 saturated heterocycles. The molecule has 2 atom stereocenters. The molecule has 0 N–H and O–H groups in total. The Bertz CT molecular complexity index is 1060. The third-order valence-electron chi connectivity index (χ3n) is 5.24. The zero-order valence-electron chi connectivity index (χ0n) is 16.8. The summed E-state index contributed by atoms with van der Waals surface area (Å²) in [6, 6.07) is 7.30. The second-order valence-electron chi connectivity index (χ2n) is 7.21. The fourth-order valence-corrected chi connectivity index (χ4v) is 3.41. The van der Waals surface area contributed by atoms with Crippen LogP contribution >= 0.6 is 0 Å². The van der Waals surface area contributed by atoms with Gasteiger partial charge >= 0.3 is 0 Å². The van der Waals surface area contributed by atoms with Crippen molar-refractivity contribution in [2.45, 2.75) is 32.7 Å². The Morgan fingerprint density at radius 1 is 1.17 bits per heavy atom. The van der Waals surface area contributed by atoms with Crippen molar-refractivity contribution in [3.63, 3.8) is 0 Å². The fourth-order valence-electron chi connectivity index (χ4n) is 3.41. The van der Waals surface area contributed by atoms with Gasteiger partial charge in [-0.2, -0.15) is 4.98 Å². The first-order valence-electron chi connectivity index (χ1n) is 9.76. The Hall–Kier alpha value is -3.22. The molecule has 0 aromatic carbocycles. The average Bonchev–Trinajstić information content (AvgIpc) is 3.52. The van der Waals surface area contributed by atoms with Crippen molar-refractivity contribution in [3.8, 4) is 22.8 Å². The summed E-state index contributed by atoms with van der Waals surface area (Å²) in [6.45, 7) is 4.95. The van der Waals surface area contributed by atoms with Crippen LogP contribution in [0.2, 0.25) is 0 Å². The third-order valence-corrected chi connectivity index (χ3v) is 5.24. The molecule has 7 nitrogen and oxygen atoms in total. The summed E-state index contributed by atoms with van der Waals surface area (Å²) < 4.78 is 12.9. The van der Waals surface area contributed by atoms with Gasteiger partial charge in [0.1, 0.15) is 11.6 Å². The summed E-state index contributed by atoms with van der Waals surface area (Å²) in [4.78, 5) is 25.2. The highest BCUT2D eigenvalue weighted by Crippen LogP contribution is 2.47. The van der Waals surface area contributed by atoms with Crippen molar-refractivity contribution in [1.82, 2.24) is 19.5 Å². The van der Waals surface area contributed by atoms with E-state index in [0.29, 0.717) is 36.7 Å². The lowest BCUT2D eigenvalue weighted by atomic mass is 10.1. The van der Waals surface area contributed by atoms with Gasteiger partial charge in [0.15, 0.2) is 0 Å². The van der Waals surface area contributed by atoms with Gasteiger partial charge in [0.25, 0.3) is 5.56 Å². The van der Waals surface area contributed by atoms with Gasteiger partial charge in [-0.1, -0.05) is 0 Å². The molecule has 0 amide bonds. The van der Waals surface area contributed by atoms with Crippen molar-refractivity contribution in [2.75, 3.05) is 13.7 Å². The third kappa shape index (κ3) is 4.13. The van der Waals surface area contributed by atoms with E-state index < -0.39 is 0 Å². The summed E-state index contributed by atoms with van der Waals surface area (Å²) in [5.74, 6) is 2.76. The number of hydrogen-bond donors (Lipinski definition) is 0. The molecule has 0 spiro atoms. The van der Waals surface area contributed by atoms with Crippen molar-refractivity contribution in [3.05, 3.63) is 64.7 Å². The van der Waals surface area contributed by atoms with E-state index in [1.165, 1.54) is 0 Å². The van der Waals surface area contributed by atoms with Crippen LogP contribution in [0.5, 0.6) is 11.6 Å². The van der Waals surface area contributed by atoms with E-state index in [9.17, 15) is 4.79 Å². The smallest absolute Gasteiger partial charge is 0.250 e. The van der Waals surface area contributed by atoms with E-state index in [-0.39, 0.29) is 5.56 Å². The molecule has 7 heteroatoms. The Morgan fingerprint density at radius 2 is 2.03 bits per heavy atom. The molecule has 150 valence electrons. The molecule has 0 radical (unpaired) electrons. The van der Waals surface area contributed by atoms with E-state index in [1.807, 2.05) is 32.2 Å². The molecule has 4 rings (SSSR count). The molecule has 29 heavy (non-hydrogen) atoms. The van der Waals surface area contributed by atoms with E-state index in [2.05, 4.69) is 15.0 Å². The molecular weight excluding hydrogens is 368 g/mol. The highest BCUT2D eigenvalue weighted by atomic mass is 16.5. The first-order valence-corrected chi connectivity index (χ1v) is 9.76. The molecule has 1 saturated carbocycles. The molecule has 1 fully saturated rings. The highest BCUT2D eigenvalue weighted by molar-refractivity contribution is 5.66. The number of nitrogens with zero attached hydrogens (tertiary/aromatic N) is 4. The number of aryl methyl sites for hydroxylation is 2. The van der Waals surface area contributed by atoms with E-state index >= 15 is 0 Å². The van der Waals surface area contributed by atoms with Gasteiger partial charge < -0.3 is 14.0 Å². The van der Waals surface area contributed by atoms with Crippen LogP contribution in [-0.2, 0) is 6.54 Å². The van der Waals surface area contributed by atoms with Gasteiger partial charge in [-0.15, -0.1) is 0 Å². The van der Waals surface area contributed by atoms with Gasteiger partial charge in [-0.25, -0.2) is 4.98 Å². The first-order chi connectivity index (χ1) is 14.1. The van der Waals surface area contributed by atoms with E-state index in [4.69, 9.17) is 9.47 Å². The maximum Gasteiger partial charge on any atom is 0.250 e. The van der Waals surface area contributed by atoms with Crippen LogP contribution in [0.15, 0.2) is 47.7 Å². The Balaban J connectivity index is 1.49. The van der Waals surface area contributed by atoms with Gasteiger partial charge in [-0.3, -0.25) is 9.78 Å². The molecule has 1 aliphatic rings. The van der Waals surface area contributed by atoms with Crippen LogP contribution in [0.25, 0.3) is 11.1 Å². The molecule has 0 aliphatic heterocycles. The molecule has 0 bridgehead atoms. The zero-order valence-corrected chi connectivity index (χ0v) is 16.8. The van der Waals surface area contributed by atoms with E-state index in [0.717, 1.165) is 29.0 Å². The number of hydrogen-bond acceptors (Lipinski definition) is 6. The standard InChI is InChI=1S/C22H24N4O3/c1-4-26-12-15(5-8-21(26)27)19-11-23-14(2)25-22(19)29-13-16-9-18(16)20-7-6-17(28-3)10-24-20/h5-8,10-12,16,18H,4,9,13H2,1-3H3. The summed E-state index contributed by atoms with van der Waals surface area (Å²) >= 11 is 0. The van der Waals surface area contributed by atoms with Crippen LogP contribution in [0, 0.1) is 12.8 Å². The maximum atomic E-state index is 11.9. The molecular formula is C22H24N4O3. The molecule has 3 aromatic rings. The van der Waals surface area contributed by atoms with Crippen LogP contribution in [-0.4, -0.2) is 33.2 Å². The van der Waals surface area contributed by atoms with Crippen molar-refractivity contribution < 1.29 is 9.47 Å². The zero-order chi connectivity index (χ0) is 20.4. The largest absolute Gasteiger partial charge is 0.495 e. The lowest BCUT2D eigenvalue weighted by Crippen LogP contribution is -2.17. The second kappa shape index (κ2) is 8.03. The molecule has 3 heterocycles. The summed E-state index contributed by atoms with van der Waals surface area (Å²) in [7, 11) is 1.64. The molecule has 1 aliphatic carbocycles. The monoisotopic (exact) mass is 392 g/mol. The average molecular weight is 392 g/mol. The number of pyridine rings is 2. The first kappa shape index (κ1) is 19.1.